The molecule has 2 atom stereocenters. The summed E-state index contributed by atoms with van der Waals surface area (Å²) in [6, 6.07) is -0.258. The highest BCUT2D eigenvalue weighted by molar-refractivity contribution is 7.99. The van der Waals surface area contributed by atoms with Crippen LogP contribution in [0.25, 0.3) is 0 Å². The number of thioether (sulfide) groups is 1. The van der Waals surface area contributed by atoms with Crippen LogP contribution in [0.2, 0.25) is 0 Å². The van der Waals surface area contributed by atoms with Crippen molar-refractivity contribution >= 4 is 23.8 Å². The van der Waals surface area contributed by atoms with Crippen molar-refractivity contribution in [3.63, 3.8) is 0 Å². The Morgan fingerprint density at radius 1 is 1.28 bits per heavy atom. The van der Waals surface area contributed by atoms with Crippen LogP contribution in [-0.2, 0) is 4.79 Å². The van der Waals surface area contributed by atoms with Gasteiger partial charge in [0.05, 0.1) is 0 Å². The number of hydrogen-bond acceptors (Lipinski definition) is 3. The van der Waals surface area contributed by atoms with Crippen molar-refractivity contribution in [2.45, 2.75) is 56.4 Å². The summed E-state index contributed by atoms with van der Waals surface area (Å²) in [4.78, 5) is 22.7. The summed E-state index contributed by atoms with van der Waals surface area (Å²) in [5.41, 5.74) is -1.24. The fourth-order valence-electron chi connectivity index (χ4n) is 2.09. The summed E-state index contributed by atoms with van der Waals surface area (Å²) < 4.78 is 0. The molecule has 0 saturated heterocycles. The molecule has 0 aliphatic heterocycles. The lowest BCUT2D eigenvalue weighted by Crippen LogP contribution is -2.56. The van der Waals surface area contributed by atoms with Gasteiger partial charge in [0.1, 0.15) is 5.54 Å². The van der Waals surface area contributed by atoms with E-state index in [0.29, 0.717) is 5.25 Å². The van der Waals surface area contributed by atoms with Crippen molar-refractivity contribution in [2.75, 3.05) is 6.26 Å². The van der Waals surface area contributed by atoms with E-state index in [-0.39, 0.29) is 6.04 Å². The van der Waals surface area contributed by atoms with Crippen molar-refractivity contribution in [3.8, 4) is 0 Å². The molecule has 2 unspecified atom stereocenters. The van der Waals surface area contributed by atoms with Crippen molar-refractivity contribution in [3.05, 3.63) is 0 Å². The Hall–Kier alpha value is -0.910. The van der Waals surface area contributed by atoms with Gasteiger partial charge in [-0.2, -0.15) is 11.8 Å². The number of nitrogens with one attached hydrogen (secondary N) is 2. The van der Waals surface area contributed by atoms with Crippen LogP contribution in [0.3, 0.4) is 0 Å². The topological polar surface area (TPSA) is 78.4 Å². The molecule has 0 aromatic rings. The highest BCUT2D eigenvalue weighted by Gasteiger charge is 2.31. The minimum Gasteiger partial charge on any atom is -0.480 e. The highest BCUT2D eigenvalue weighted by Crippen LogP contribution is 2.27. The first-order valence-corrected chi connectivity index (χ1v) is 7.50. The lowest BCUT2D eigenvalue weighted by Gasteiger charge is -2.32. The van der Waals surface area contributed by atoms with E-state index >= 15 is 0 Å². The molecule has 0 aromatic heterocycles. The van der Waals surface area contributed by atoms with Gasteiger partial charge in [0.15, 0.2) is 0 Å². The first-order valence-electron chi connectivity index (χ1n) is 6.21. The number of aliphatic carboxylic acids is 1. The fourth-order valence-corrected chi connectivity index (χ4v) is 3.02. The first-order chi connectivity index (χ1) is 8.36. The van der Waals surface area contributed by atoms with Crippen molar-refractivity contribution in [2.24, 2.45) is 0 Å². The summed E-state index contributed by atoms with van der Waals surface area (Å²) >= 11 is 1.76. The number of carbonyl (C=O) groups excluding carboxylic acids is 1. The van der Waals surface area contributed by atoms with Crippen LogP contribution in [0, 0.1) is 0 Å². The highest BCUT2D eigenvalue weighted by atomic mass is 32.2. The van der Waals surface area contributed by atoms with E-state index in [0.717, 1.165) is 19.3 Å². The molecule has 0 radical (unpaired) electrons. The van der Waals surface area contributed by atoms with Crippen LogP contribution in [0.1, 0.15) is 39.5 Å². The second kappa shape index (κ2) is 6.31. The summed E-state index contributed by atoms with van der Waals surface area (Å²) in [5.74, 6) is -1.04. The van der Waals surface area contributed by atoms with E-state index in [4.69, 9.17) is 5.11 Å². The van der Waals surface area contributed by atoms with Crippen molar-refractivity contribution in [1.29, 1.82) is 0 Å². The predicted molar refractivity (Wildman–Crippen MR) is 72.9 cm³/mol. The monoisotopic (exact) mass is 274 g/mol. The van der Waals surface area contributed by atoms with E-state index in [2.05, 4.69) is 10.6 Å². The van der Waals surface area contributed by atoms with E-state index in [9.17, 15) is 9.59 Å². The van der Waals surface area contributed by atoms with Gasteiger partial charge in [-0.05, 0) is 32.9 Å². The Bertz CT molecular complexity index is 320. The molecule has 6 heteroatoms. The molecule has 3 N–H and O–H groups in total. The standard InChI is InChI=1S/C12H22N2O3S/c1-12(2,10(15)16)14-11(17)13-8-6-4-5-7-9(8)18-3/h8-9H,4-7H2,1-3H3,(H,15,16)(H2,13,14,17). The zero-order valence-electron chi connectivity index (χ0n) is 11.2. The Labute approximate surface area is 112 Å². The molecule has 2 amide bonds. The maximum Gasteiger partial charge on any atom is 0.328 e. The average molecular weight is 274 g/mol. The molecule has 1 saturated carbocycles. The van der Waals surface area contributed by atoms with Gasteiger partial charge < -0.3 is 15.7 Å². The molecule has 0 bridgehead atoms. The molecule has 0 spiro atoms. The van der Waals surface area contributed by atoms with Crippen LogP contribution < -0.4 is 10.6 Å². The van der Waals surface area contributed by atoms with Gasteiger partial charge in [-0.15, -0.1) is 0 Å². The Morgan fingerprint density at radius 3 is 2.44 bits per heavy atom. The Kier molecular flexibility index (Phi) is 5.31. The van der Waals surface area contributed by atoms with Crippen LogP contribution in [0.5, 0.6) is 0 Å². The Balaban J connectivity index is 2.51. The molecule has 1 fully saturated rings. The summed E-state index contributed by atoms with van der Waals surface area (Å²) in [6.45, 7) is 2.95. The van der Waals surface area contributed by atoms with Crippen LogP contribution in [-0.4, -0.2) is 40.2 Å². The van der Waals surface area contributed by atoms with Crippen LogP contribution >= 0.6 is 11.8 Å². The van der Waals surface area contributed by atoms with E-state index in [1.165, 1.54) is 20.3 Å². The van der Waals surface area contributed by atoms with E-state index in [1.807, 2.05) is 6.26 Å². The number of carbonyl (C=O) groups is 2. The molecule has 1 aliphatic rings. The van der Waals surface area contributed by atoms with Gasteiger partial charge in [-0.1, -0.05) is 12.8 Å². The quantitative estimate of drug-likeness (QED) is 0.730. The van der Waals surface area contributed by atoms with Gasteiger partial charge in [0.2, 0.25) is 0 Å². The Morgan fingerprint density at radius 2 is 1.89 bits per heavy atom. The zero-order valence-corrected chi connectivity index (χ0v) is 12.0. The lowest BCUT2D eigenvalue weighted by atomic mass is 9.95. The number of rotatable bonds is 4. The zero-order chi connectivity index (χ0) is 13.8. The minimum atomic E-state index is -1.24. The smallest absolute Gasteiger partial charge is 0.328 e. The maximum atomic E-state index is 11.8. The molecule has 1 rings (SSSR count). The SMILES string of the molecule is CSC1CCCCC1NC(=O)NC(C)(C)C(=O)O. The third-order valence-electron chi connectivity index (χ3n) is 3.28. The lowest BCUT2D eigenvalue weighted by molar-refractivity contribution is -0.142. The number of amides is 2. The summed E-state index contributed by atoms with van der Waals surface area (Å²) in [6.07, 6.45) is 6.43. The molecule has 18 heavy (non-hydrogen) atoms. The van der Waals surface area contributed by atoms with Gasteiger partial charge in [-0.3, -0.25) is 0 Å². The maximum absolute atomic E-state index is 11.8. The predicted octanol–water partition coefficient (Wildman–Crippen LogP) is 1.82. The molecule has 104 valence electrons. The number of carboxylic acids is 1. The molecule has 1 aliphatic carbocycles. The van der Waals surface area contributed by atoms with E-state index in [1.54, 1.807) is 11.8 Å². The normalized spacial score (nSPS) is 24.4. The first kappa shape index (κ1) is 15.1. The van der Waals surface area contributed by atoms with Gasteiger partial charge >= 0.3 is 12.0 Å². The van der Waals surface area contributed by atoms with E-state index < -0.39 is 17.5 Å². The molecule has 5 nitrogen and oxygen atoms in total. The summed E-state index contributed by atoms with van der Waals surface area (Å²) in [7, 11) is 0. The van der Waals surface area contributed by atoms with Crippen LogP contribution in [0.4, 0.5) is 4.79 Å². The summed E-state index contributed by atoms with van der Waals surface area (Å²) in [5, 5.41) is 14.8. The number of hydrogen-bond donors (Lipinski definition) is 3. The number of urea groups is 1. The number of carboxylic acid groups (broad SMARTS) is 1. The second-order valence-electron chi connectivity index (χ2n) is 5.19. The second-order valence-corrected chi connectivity index (χ2v) is 6.27. The third-order valence-corrected chi connectivity index (χ3v) is 4.45. The van der Waals surface area contributed by atoms with Crippen molar-refractivity contribution in [1.82, 2.24) is 10.6 Å². The van der Waals surface area contributed by atoms with Crippen LogP contribution in [0.15, 0.2) is 0 Å². The van der Waals surface area contributed by atoms with Gasteiger partial charge in [0, 0.05) is 11.3 Å². The largest absolute Gasteiger partial charge is 0.480 e. The van der Waals surface area contributed by atoms with Gasteiger partial charge in [0.25, 0.3) is 0 Å². The molecule has 0 aromatic carbocycles. The molecule has 0 heterocycles. The molecular weight excluding hydrogens is 252 g/mol. The van der Waals surface area contributed by atoms with Crippen molar-refractivity contribution < 1.29 is 14.7 Å². The average Bonchev–Trinajstić information content (AvgIpc) is 2.28. The third kappa shape index (κ3) is 4.08. The van der Waals surface area contributed by atoms with Gasteiger partial charge in [-0.25, -0.2) is 9.59 Å². The fraction of sp³-hybridized carbons (Fsp3) is 0.833. The minimum absolute atomic E-state index is 0.137. The molecular formula is C12H22N2O3S.